The monoisotopic (exact) mass is 391 g/mol. The van der Waals surface area contributed by atoms with Gasteiger partial charge in [0.1, 0.15) is 5.75 Å². The van der Waals surface area contributed by atoms with Crippen molar-refractivity contribution >= 4 is 23.7 Å². The maximum atomic E-state index is 12.0. The molecule has 1 atom stereocenters. The number of imide groups is 1. The van der Waals surface area contributed by atoms with E-state index in [-0.39, 0.29) is 17.7 Å². The summed E-state index contributed by atoms with van der Waals surface area (Å²) >= 11 is 1.24. The average molecular weight is 391 g/mol. The number of urea groups is 1. The number of aromatic nitrogens is 3. The Morgan fingerprint density at radius 3 is 2.52 bits per heavy atom. The van der Waals surface area contributed by atoms with Crippen LogP contribution in [0.4, 0.5) is 4.79 Å². The molecule has 8 nitrogen and oxygen atoms in total. The van der Waals surface area contributed by atoms with Gasteiger partial charge in [-0.25, -0.2) is 4.79 Å². The third-order valence-corrected chi connectivity index (χ3v) is 4.92. The van der Waals surface area contributed by atoms with Crippen molar-refractivity contribution in [1.82, 2.24) is 25.4 Å². The number of hydrogen-bond acceptors (Lipinski definition) is 6. The molecule has 0 saturated carbocycles. The standard InChI is InChI=1S/C18H25N5O3S/c1-5-12(3)19-17(25)20-15(24)11-27-18-22-21-16(23(18)6-2)13-7-9-14(26-4)10-8-13/h7-10,12H,5-6,11H2,1-4H3,(H2,19,20,24,25)/t12-/m1/s1. The molecule has 1 aromatic heterocycles. The number of benzene rings is 1. The summed E-state index contributed by atoms with van der Waals surface area (Å²) in [5, 5.41) is 14.1. The van der Waals surface area contributed by atoms with Crippen LogP contribution in [0.3, 0.4) is 0 Å². The maximum absolute atomic E-state index is 12.0. The fraction of sp³-hybridized carbons (Fsp3) is 0.444. The Labute approximate surface area is 163 Å². The van der Waals surface area contributed by atoms with Crippen molar-refractivity contribution in [3.05, 3.63) is 24.3 Å². The molecule has 0 radical (unpaired) electrons. The predicted molar refractivity (Wildman–Crippen MR) is 105 cm³/mol. The van der Waals surface area contributed by atoms with E-state index in [9.17, 15) is 9.59 Å². The van der Waals surface area contributed by atoms with Crippen LogP contribution in [0.15, 0.2) is 29.4 Å². The average Bonchev–Trinajstić information content (AvgIpc) is 3.09. The van der Waals surface area contributed by atoms with Gasteiger partial charge in [0.15, 0.2) is 11.0 Å². The molecule has 2 N–H and O–H groups in total. The van der Waals surface area contributed by atoms with Crippen LogP contribution in [0, 0.1) is 0 Å². The largest absolute Gasteiger partial charge is 0.497 e. The van der Waals surface area contributed by atoms with Crippen molar-refractivity contribution in [1.29, 1.82) is 0 Å². The lowest BCUT2D eigenvalue weighted by Gasteiger charge is -2.11. The summed E-state index contributed by atoms with van der Waals surface area (Å²) in [7, 11) is 1.62. The van der Waals surface area contributed by atoms with Crippen LogP contribution in [0.2, 0.25) is 0 Å². The number of amides is 3. The van der Waals surface area contributed by atoms with Crippen molar-refractivity contribution in [2.24, 2.45) is 0 Å². The van der Waals surface area contributed by atoms with Gasteiger partial charge in [-0.05, 0) is 44.5 Å². The summed E-state index contributed by atoms with van der Waals surface area (Å²) in [6.45, 7) is 6.48. The molecule has 0 bridgehead atoms. The molecular weight excluding hydrogens is 366 g/mol. The van der Waals surface area contributed by atoms with Crippen molar-refractivity contribution < 1.29 is 14.3 Å². The quantitative estimate of drug-likeness (QED) is 0.672. The predicted octanol–water partition coefficient (Wildman–Crippen LogP) is 2.69. The molecule has 0 saturated heterocycles. The van der Waals surface area contributed by atoms with Gasteiger partial charge in [-0.2, -0.15) is 0 Å². The summed E-state index contributed by atoms with van der Waals surface area (Å²) in [6, 6.07) is 7.08. The molecule has 0 fully saturated rings. The number of carbonyl (C=O) groups is 2. The zero-order chi connectivity index (χ0) is 19.8. The minimum atomic E-state index is -0.481. The zero-order valence-electron chi connectivity index (χ0n) is 16.0. The highest BCUT2D eigenvalue weighted by molar-refractivity contribution is 7.99. The van der Waals surface area contributed by atoms with Gasteiger partial charge in [-0.15, -0.1) is 10.2 Å². The Morgan fingerprint density at radius 1 is 1.22 bits per heavy atom. The molecule has 27 heavy (non-hydrogen) atoms. The van der Waals surface area contributed by atoms with Crippen LogP contribution in [-0.2, 0) is 11.3 Å². The molecular formula is C18H25N5O3S. The number of rotatable bonds is 8. The van der Waals surface area contributed by atoms with Crippen molar-refractivity contribution in [3.63, 3.8) is 0 Å². The van der Waals surface area contributed by atoms with Crippen LogP contribution in [-0.4, -0.2) is 45.6 Å². The number of carbonyl (C=O) groups excluding carboxylic acids is 2. The Hall–Kier alpha value is -2.55. The van der Waals surface area contributed by atoms with E-state index >= 15 is 0 Å². The summed E-state index contributed by atoms with van der Waals surface area (Å²) < 4.78 is 7.10. The van der Waals surface area contributed by atoms with Gasteiger partial charge >= 0.3 is 6.03 Å². The smallest absolute Gasteiger partial charge is 0.321 e. The van der Waals surface area contributed by atoms with Crippen LogP contribution in [0.5, 0.6) is 5.75 Å². The van der Waals surface area contributed by atoms with E-state index in [2.05, 4.69) is 20.8 Å². The second-order valence-corrected chi connectivity index (χ2v) is 6.84. The van der Waals surface area contributed by atoms with Gasteiger partial charge in [0.05, 0.1) is 12.9 Å². The number of thioether (sulfide) groups is 1. The number of methoxy groups -OCH3 is 1. The first-order chi connectivity index (χ1) is 13.0. The first kappa shape index (κ1) is 20.8. The van der Waals surface area contributed by atoms with Gasteiger partial charge in [0.2, 0.25) is 5.91 Å². The number of ether oxygens (including phenoxy) is 1. The Bertz CT molecular complexity index is 776. The van der Waals surface area contributed by atoms with Gasteiger partial charge < -0.3 is 14.6 Å². The van der Waals surface area contributed by atoms with E-state index in [1.54, 1.807) is 7.11 Å². The molecule has 0 aliphatic heterocycles. The molecule has 0 aliphatic rings. The van der Waals surface area contributed by atoms with Crippen LogP contribution < -0.4 is 15.4 Å². The highest BCUT2D eigenvalue weighted by atomic mass is 32.2. The molecule has 2 rings (SSSR count). The Kier molecular flexibility index (Phi) is 7.66. The third-order valence-electron chi connectivity index (χ3n) is 3.96. The van der Waals surface area contributed by atoms with Gasteiger partial charge in [-0.1, -0.05) is 18.7 Å². The summed E-state index contributed by atoms with van der Waals surface area (Å²) in [5.41, 5.74) is 0.911. The van der Waals surface area contributed by atoms with Gasteiger partial charge in [-0.3, -0.25) is 10.1 Å². The zero-order valence-corrected chi connectivity index (χ0v) is 16.8. The molecule has 2 aromatic rings. The molecule has 3 amide bonds. The van der Waals surface area contributed by atoms with E-state index in [0.29, 0.717) is 11.7 Å². The van der Waals surface area contributed by atoms with Crippen molar-refractivity contribution in [2.45, 2.75) is 44.9 Å². The van der Waals surface area contributed by atoms with Crippen molar-refractivity contribution in [2.75, 3.05) is 12.9 Å². The SMILES string of the molecule is CC[C@@H](C)NC(=O)NC(=O)CSc1nnc(-c2ccc(OC)cc2)n1CC. The van der Waals surface area contributed by atoms with E-state index < -0.39 is 6.03 Å². The maximum Gasteiger partial charge on any atom is 0.321 e. The molecule has 9 heteroatoms. The molecule has 1 heterocycles. The summed E-state index contributed by atoms with van der Waals surface area (Å²) in [4.78, 5) is 23.7. The van der Waals surface area contributed by atoms with E-state index in [4.69, 9.17) is 4.74 Å². The topological polar surface area (TPSA) is 98.1 Å². The van der Waals surface area contributed by atoms with Crippen molar-refractivity contribution in [3.8, 4) is 17.1 Å². The first-order valence-corrected chi connectivity index (χ1v) is 9.77. The Morgan fingerprint density at radius 2 is 1.93 bits per heavy atom. The first-order valence-electron chi connectivity index (χ1n) is 8.79. The van der Waals surface area contributed by atoms with E-state index in [1.165, 1.54) is 11.8 Å². The van der Waals surface area contributed by atoms with Gasteiger partial charge in [0.25, 0.3) is 0 Å². The van der Waals surface area contributed by atoms with E-state index in [1.807, 2.05) is 49.6 Å². The number of hydrogen-bond donors (Lipinski definition) is 2. The molecule has 1 aromatic carbocycles. The van der Waals surface area contributed by atoms with Crippen LogP contribution in [0.1, 0.15) is 27.2 Å². The molecule has 0 spiro atoms. The molecule has 0 aliphatic carbocycles. The lowest BCUT2D eigenvalue weighted by Crippen LogP contribution is -2.43. The minimum absolute atomic E-state index is 0.0145. The summed E-state index contributed by atoms with van der Waals surface area (Å²) in [6.07, 6.45) is 0.796. The summed E-state index contributed by atoms with van der Waals surface area (Å²) in [5.74, 6) is 1.19. The highest BCUT2D eigenvalue weighted by Crippen LogP contribution is 2.25. The second kappa shape index (κ2) is 9.96. The van der Waals surface area contributed by atoms with Gasteiger partial charge in [0, 0.05) is 18.2 Å². The fourth-order valence-electron chi connectivity index (χ4n) is 2.29. The normalized spacial score (nSPS) is 11.7. The fourth-order valence-corrected chi connectivity index (χ4v) is 3.09. The lowest BCUT2D eigenvalue weighted by molar-refractivity contribution is -0.117. The highest BCUT2D eigenvalue weighted by Gasteiger charge is 2.16. The lowest BCUT2D eigenvalue weighted by atomic mass is 10.2. The minimum Gasteiger partial charge on any atom is -0.497 e. The number of nitrogens with zero attached hydrogens (tertiary/aromatic N) is 3. The van der Waals surface area contributed by atoms with Crippen LogP contribution >= 0.6 is 11.8 Å². The second-order valence-electron chi connectivity index (χ2n) is 5.90. The molecule has 0 unspecified atom stereocenters. The number of nitrogens with one attached hydrogen (secondary N) is 2. The van der Waals surface area contributed by atoms with Crippen LogP contribution in [0.25, 0.3) is 11.4 Å². The third kappa shape index (κ3) is 5.72. The Balaban J connectivity index is 1.99. The molecule has 146 valence electrons. The van der Waals surface area contributed by atoms with E-state index in [0.717, 1.165) is 23.6 Å².